The molecule has 0 saturated carbocycles. The number of aryl methyl sites for hydroxylation is 1. The predicted octanol–water partition coefficient (Wildman–Crippen LogP) is 4.33. The first-order chi connectivity index (χ1) is 14.8. The molecule has 9 heteroatoms. The molecule has 0 spiro atoms. The zero-order valence-corrected chi connectivity index (χ0v) is 16.7. The summed E-state index contributed by atoms with van der Waals surface area (Å²) in [6.07, 6.45) is -1.10. The second-order valence-corrected chi connectivity index (χ2v) is 7.37. The van der Waals surface area contributed by atoms with Crippen molar-refractivity contribution >= 4 is 16.7 Å². The minimum absolute atomic E-state index is 0.0895. The highest BCUT2D eigenvalue weighted by atomic mass is 19.4. The number of rotatable bonds is 6. The van der Waals surface area contributed by atoms with Gasteiger partial charge in [0, 0.05) is 29.2 Å². The number of halogens is 3. The van der Waals surface area contributed by atoms with E-state index in [2.05, 4.69) is 25.5 Å². The maximum atomic E-state index is 13.2. The van der Waals surface area contributed by atoms with Gasteiger partial charge in [-0.1, -0.05) is 24.3 Å². The van der Waals surface area contributed by atoms with Gasteiger partial charge in [0.05, 0.1) is 29.2 Å². The van der Waals surface area contributed by atoms with Crippen molar-refractivity contribution in [3.05, 3.63) is 71.7 Å². The maximum absolute atomic E-state index is 13.2. The third-order valence-electron chi connectivity index (χ3n) is 5.03. The van der Waals surface area contributed by atoms with Gasteiger partial charge in [0.2, 0.25) is 0 Å². The molecule has 0 unspecified atom stereocenters. The third-order valence-corrected chi connectivity index (χ3v) is 5.03. The number of fused-ring (bicyclic) bond motifs is 1. The van der Waals surface area contributed by atoms with Gasteiger partial charge in [0.25, 0.3) is 0 Å². The van der Waals surface area contributed by atoms with E-state index in [1.807, 2.05) is 25.1 Å². The number of nitrogens with one attached hydrogen (secondary N) is 2. The van der Waals surface area contributed by atoms with Gasteiger partial charge in [0.1, 0.15) is 5.82 Å². The zero-order chi connectivity index (χ0) is 22.0. The SMILES string of the molecule is Cc1[nH]nc2ccc(-c3cncc(NC[C@@H](N)Cc4ccccc4C(F)(F)F)n3)cc12. The fourth-order valence-corrected chi connectivity index (χ4v) is 3.45. The molecular formula is C22H21F3N6. The van der Waals surface area contributed by atoms with Crippen LogP contribution in [0, 0.1) is 6.92 Å². The van der Waals surface area contributed by atoms with E-state index in [-0.39, 0.29) is 18.5 Å². The summed E-state index contributed by atoms with van der Waals surface area (Å²) in [5.74, 6) is 0.501. The fourth-order valence-electron chi connectivity index (χ4n) is 3.45. The molecule has 2 aromatic heterocycles. The molecule has 0 aliphatic carbocycles. The molecule has 0 aliphatic heterocycles. The Kier molecular flexibility index (Phi) is 5.60. The highest BCUT2D eigenvalue weighted by Crippen LogP contribution is 2.32. The normalized spacial score (nSPS) is 12.8. The quantitative estimate of drug-likeness (QED) is 0.427. The van der Waals surface area contributed by atoms with Gasteiger partial charge >= 0.3 is 6.18 Å². The van der Waals surface area contributed by atoms with Crippen molar-refractivity contribution in [1.29, 1.82) is 0 Å². The summed E-state index contributed by atoms with van der Waals surface area (Å²) in [7, 11) is 0. The molecule has 31 heavy (non-hydrogen) atoms. The Hall–Kier alpha value is -3.46. The van der Waals surface area contributed by atoms with Gasteiger partial charge in [-0.15, -0.1) is 0 Å². The number of anilines is 1. The lowest BCUT2D eigenvalue weighted by atomic mass is 10.00. The van der Waals surface area contributed by atoms with Crippen molar-refractivity contribution in [3.8, 4) is 11.3 Å². The molecule has 0 amide bonds. The van der Waals surface area contributed by atoms with Crippen LogP contribution in [0.2, 0.25) is 0 Å². The lowest BCUT2D eigenvalue weighted by molar-refractivity contribution is -0.138. The van der Waals surface area contributed by atoms with E-state index in [0.29, 0.717) is 11.5 Å². The number of alkyl halides is 3. The van der Waals surface area contributed by atoms with Crippen LogP contribution in [0.3, 0.4) is 0 Å². The van der Waals surface area contributed by atoms with Crippen LogP contribution in [0.5, 0.6) is 0 Å². The lowest BCUT2D eigenvalue weighted by Crippen LogP contribution is -2.32. The van der Waals surface area contributed by atoms with E-state index in [9.17, 15) is 13.2 Å². The third kappa shape index (κ3) is 4.66. The molecule has 2 aromatic carbocycles. The second kappa shape index (κ2) is 8.35. The van der Waals surface area contributed by atoms with Crippen molar-refractivity contribution in [2.75, 3.05) is 11.9 Å². The Balaban J connectivity index is 1.45. The van der Waals surface area contributed by atoms with E-state index in [1.165, 1.54) is 12.1 Å². The minimum Gasteiger partial charge on any atom is -0.367 e. The Morgan fingerprint density at radius 2 is 1.94 bits per heavy atom. The summed E-state index contributed by atoms with van der Waals surface area (Å²) < 4.78 is 39.5. The van der Waals surface area contributed by atoms with E-state index in [0.717, 1.165) is 28.2 Å². The first-order valence-corrected chi connectivity index (χ1v) is 9.73. The van der Waals surface area contributed by atoms with E-state index < -0.39 is 17.8 Å². The van der Waals surface area contributed by atoms with Gasteiger partial charge < -0.3 is 11.1 Å². The minimum atomic E-state index is -4.40. The first kappa shape index (κ1) is 20.8. The van der Waals surface area contributed by atoms with Crippen molar-refractivity contribution in [1.82, 2.24) is 20.2 Å². The van der Waals surface area contributed by atoms with Crippen LogP contribution in [0.1, 0.15) is 16.8 Å². The number of nitrogens with zero attached hydrogens (tertiary/aromatic N) is 3. The summed E-state index contributed by atoms with van der Waals surface area (Å²) in [6, 6.07) is 10.8. The summed E-state index contributed by atoms with van der Waals surface area (Å²) >= 11 is 0. The van der Waals surface area contributed by atoms with Crippen LogP contribution in [0.25, 0.3) is 22.2 Å². The molecule has 6 nitrogen and oxygen atoms in total. The van der Waals surface area contributed by atoms with Gasteiger partial charge in [-0.25, -0.2) is 4.98 Å². The summed E-state index contributed by atoms with van der Waals surface area (Å²) in [5.41, 5.74) is 9.00. The van der Waals surface area contributed by atoms with Crippen molar-refractivity contribution < 1.29 is 13.2 Å². The van der Waals surface area contributed by atoms with Crippen LogP contribution in [0.15, 0.2) is 54.9 Å². The van der Waals surface area contributed by atoms with E-state index >= 15 is 0 Å². The van der Waals surface area contributed by atoms with Crippen LogP contribution in [0.4, 0.5) is 19.0 Å². The van der Waals surface area contributed by atoms with Crippen molar-refractivity contribution in [2.24, 2.45) is 5.73 Å². The smallest absolute Gasteiger partial charge is 0.367 e. The number of aromatic nitrogens is 4. The molecule has 4 aromatic rings. The molecule has 0 fully saturated rings. The zero-order valence-electron chi connectivity index (χ0n) is 16.7. The molecular weight excluding hydrogens is 405 g/mol. The van der Waals surface area contributed by atoms with Crippen LogP contribution in [-0.2, 0) is 12.6 Å². The monoisotopic (exact) mass is 426 g/mol. The molecule has 160 valence electrons. The summed E-state index contributed by atoms with van der Waals surface area (Å²) in [5, 5.41) is 11.2. The average Bonchev–Trinajstić information content (AvgIpc) is 3.12. The Labute approximate surface area is 176 Å². The number of benzene rings is 2. The molecule has 1 atom stereocenters. The molecule has 0 bridgehead atoms. The number of nitrogens with two attached hydrogens (primary N) is 1. The molecule has 0 saturated heterocycles. The average molecular weight is 426 g/mol. The summed E-state index contributed by atoms with van der Waals surface area (Å²) in [6.45, 7) is 2.20. The van der Waals surface area contributed by atoms with Crippen molar-refractivity contribution in [3.63, 3.8) is 0 Å². The van der Waals surface area contributed by atoms with Crippen molar-refractivity contribution in [2.45, 2.75) is 25.6 Å². The molecule has 4 rings (SSSR count). The molecule has 2 heterocycles. The number of H-pyrrole nitrogens is 1. The largest absolute Gasteiger partial charge is 0.416 e. The van der Waals surface area contributed by atoms with Crippen LogP contribution in [-0.4, -0.2) is 32.8 Å². The van der Waals surface area contributed by atoms with E-state index in [1.54, 1.807) is 18.5 Å². The Morgan fingerprint density at radius 3 is 2.74 bits per heavy atom. The molecule has 4 N–H and O–H groups in total. The van der Waals surface area contributed by atoms with Gasteiger partial charge in [-0.3, -0.25) is 10.1 Å². The fraction of sp³-hybridized carbons (Fsp3) is 0.227. The maximum Gasteiger partial charge on any atom is 0.416 e. The lowest BCUT2D eigenvalue weighted by Gasteiger charge is -2.17. The highest BCUT2D eigenvalue weighted by molar-refractivity contribution is 5.85. The summed E-state index contributed by atoms with van der Waals surface area (Å²) in [4.78, 5) is 8.78. The van der Waals surface area contributed by atoms with E-state index in [4.69, 9.17) is 5.73 Å². The topological polar surface area (TPSA) is 92.5 Å². The molecule has 0 radical (unpaired) electrons. The molecule has 0 aliphatic rings. The standard InChI is InChI=1S/C22H21F3N6/c1-13-17-9-15(6-7-19(17)31-30-13)20-11-27-12-21(29-20)28-10-16(26)8-14-4-2-3-5-18(14)22(23,24)25/h2-7,9,11-12,16H,8,10,26H2,1H3,(H,28,29)(H,30,31)/t16-/m0/s1. The predicted molar refractivity (Wildman–Crippen MR) is 113 cm³/mol. The van der Waals surface area contributed by atoms with Gasteiger partial charge in [0.15, 0.2) is 0 Å². The Bertz CT molecular complexity index is 1200. The van der Waals surface area contributed by atoms with Crippen LogP contribution < -0.4 is 11.1 Å². The Morgan fingerprint density at radius 1 is 1.13 bits per heavy atom. The van der Waals surface area contributed by atoms with Gasteiger partial charge in [-0.2, -0.15) is 18.3 Å². The van der Waals surface area contributed by atoms with Crippen LogP contribution >= 0.6 is 0 Å². The van der Waals surface area contributed by atoms with Gasteiger partial charge in [-0.05, 0) is 37.1 Å². The number of hydrogen-bond acceptors (Lipinski definition) is 5. The second-order valence-electron chi connectivity index (χ2n) is 7.37. The number of hydrogen-bond donors (Lipinski definition) is 3. The highest BCUT2D eigenvalue weighted by Gasteiger charge is 2.33. The number of aromatic amines is 1. The first-order valence-electron chi connectivity index (χ1n) is 9.73.